The fourth-order valence-corrected chi connectivity index (χ4v) is 7.43. The maximum absolute atomic E-state index is 12.5. The highest BCUT2D eigenvalue weighted by Crippen LogP contribution is 2.15. The number of carbonyl (C=O) groups is 2. The summed E-state index contributed by atoms with van der Waals surface area (Å²) in [5.41, 5.74) is 1.76. The van der Waals surface area contributed by atoms with Gasteiger partial charge in [0.15, 0.2) is 0 Å². The average Bonchev–Trinajstić information content (AvgIpc) is 3.06. The van der Waals surface area contributed by atoms with Crippen molar-refractivity contribution in [1.82, 2.24) is 20.4 Å². The van der Waals surface area contributed by atoms with Gasteiger partial charge in [-0.25, -0.2) is 16.8 Å². The lowest BCUT2D eigenvalue weighted by molar-refractivity contribution is 0.0941. The van der Waals surface area contributed by atoms with E-state index in [1.807, 2.05) is 0 Å². The Kier molecular flexibility index (Phi) is 18.5. The molecule has 0 atom stereocenters. The number of benzene rings is 2. The Hall–Kier alpha value is -3.20. The number of nitrogens with zero attached hydrogens (tertiary/aromatic N) is 2. The Morgan fingerprint density at radius 3 is 1.15 bits per heavy atom. The molecule has 0 aromatic heterocycles. The van der Waals surface area contributed by atoms with E-state index in [2.05, 4.69) is 57.6 Å². The number of anilines is 2. The summed E-state index contributed by atoms with van der Waals surface area (Å²) in [6.45, 7) is 14.6. The molecule has 0 saturated heterocycles. The number of unbranched alkanes of at least 4 members (excludes halogenated alkanes) is 5. The zero-order valence-corrected chi connectivity index (χ0v) is 30.7. The summed E-state index contributed by atoms with van der Waals surface area (Å²) in [5.74, 6) is -0.426. The van der Waals surface area contributed by atoms with E-state index in [-0.39, 0.29) is 23.3 Å². The van der Waals surface area contributed by atoms with Crippen LogP contribution >= 0.6 is 0 Å². The summed E-state index contributed by atoms with van der Waals surface area (Å²) in [6.07, 6.45) is 4.03. The summed E-state index contributed by atoms with van der Waals surface area (Å²) in [5, 5.41) is 5.77. The third kappa shape index (κ3) is 16.3. The third-order valence-electron chi connectivity index (χ3n) is 8.13. The molecule has 0 unspecified atom stereocenters. The van der Waals surface area contributed by atoms with E-state index in [1.165, 1.54) is 0 Å². The number of likely N-dealkylation sites (N-methyl/N-ethyl adjacent to an activating group) is 2. The van der Waals surface area contributed by atoms with Crippen molar-refractivity contribution in [2.75, 3.05) is 73.3 Å². The lowest BCUT2D eigenvalue weighted by Crippen LogP contribution is -2.34. The van der Waals surface area contributed by atoms with Crippen molar-refractivity contribution in [3.63, 3.8) is 0 Å². The van der Waals surface area contributed by atoms with Crippen LogP contribution in [0.3, 0.4) is 0 Å². The zero-order chi connectivity index (χ0) is 35.4. The van der Waals surface area contributed by atoms with Gasteiger partial charge in [-0.05, 0) is 87.6 Å². The average molecular weight is 709 g/mol. The van der Waals surface area contributed by atoms with E-state index in [0.29, 0.717) is 61.3 Å². The van der Waals surface area contributed by atoms with Gasteiger partial charge in [0, 0.05) is 48.7 Å². The highest BCUT2D eigenvalue weighted by Gasteiger charge is 2.13. The van der Waals surface area contributed by atoms with Gasteiger partial charge in [-0.1, -0.05) is 53.4 Å². The first kappa shape index (κ1) is 41.0. The third-order valence-corrected chi connectivity index (χ3v) is 10.9. The van der Waals surface area contributed by atoms with E-state index in [1.54, 1.807) is 48.5 Å². The topological polar surface area (TPSA) is 157 Å². The summed E-state index contributed by atoms with van der Waals surface area (Å²) in [7, 11) is -7.06. The van der Waals surface area contributed by atoms with E-state index in [4.69, 9.17) is 0 Å². The molecular formula is C34H56N6O6S2. The van der Waals surface area contributed by atoms with Crippen LogP contribution in [-0.2, 0) is 20.0 Å². The molecule has 0 aliphatic heterocycles. The lowest BCUT2D eigenvalue weighted by Gasteiger charge is -2.18. The van der Waals surface area contributed by atoms with Crippen LogP contribution in [0.15, 0.2) is 48.5 Å². The molecule has 2 amide bonds. The first-order valence-electron chi connectivity index (χ1n) is 17.1. The molecule has 0 aliphatic rings. The molecule has 0 aliphatic carbocycles. The van der Waals surface area contributed by atoms with Gasteiger partial charge in [0.25, 0.3) is 11.8 Å². The first-order chi connectivity index (χ1) is 22.9. The normalized spacial score (nSPS) is 11.9. The molecule has 270 valence electrons. The number of hydrogen-bond acceptors (Lipinski definition) is 8. The zero-order valence-electron chi connectivity index (χ0n) is 29.1. The number of sulfonamides is 2. The Labute approximate surface area is 288 Å². The molecule has 0 bridgehead atoms. The highest BCUT2D eigenvalue weighted by molar-refractivity contribution is 7.92. The fourth-order valence-electron chi connectivity index (χ4n) is 5.07. The number of carbonyl (C=O) groups excluding carboxylic acids is 2. The summed E-state index contributed by atoms with van der Waals surface area (Å²) in [6, 6.07) is 12.8. The second-order valence-corrected chi connectivity index (χ2v) is 15.4. The second kappa shape index (κ2) is 21.7. The van der Waals surface area contributed by atoms with Crippen LogP contribution in [-0.4, -0.2) is 102 Å². The predicted molar refractivity (Wildman–Crippen MR) is 196 cm³/mol. The molecular weight excluding hydrogens is 653 g/mol. The Morgan fingerprint density at radius 2 is 0.833 bits per heavy atom. The SMILES string of the molecule is CCN(CC)CCNC(=O)c1ccc(NS(=O)(=O)CCCCCCCCS(=O)(=O)Nc2ccc(C(=O)NCCN(CC)CC)cc2)cc1. The van der Waals surface area contributed by atoms with Gasteiger partial charge >= 0.3 is 0 Å². The van der Waals surface area contributed by atoms with Gasteiger partial charge < -0.3 is 20.4 Å². The van der Waals surface area contributed by atoms with Crippen molar-refractivity contribution in [1.29, 1.82) is 0 Å². The maximum Gasteiger partial charge on any atom is 0.251 e. The molecule has 4 N–H and O–H groups in total. The lowest BCUT2D eigenvalue weighted by atomic mass is 10.1. The number of nitrogens with one attached hydrogen (secondary N) is 4. The molecule has 0 fully saturated rings. The van der Waals surface area contributed by atoms with E-state index < -0.39 is 20.0 Å². The molecule has 2 aromatic carbocycles. The maximum atomic E-state index is 12.5. The molecule has 14 heteroatoms. The van der Waals surface area contributed by atoms with Crippen molar-refractivity contribution in [3.8, 4) is 0 Å². The highest BCUT2D eigenvalue weighted by atomic mass is 32.2. The van der Waals surface area contributed by atoms with Gasteiger partial charge in [0.05, 0.1) is 11.5 Å². The molecule has 48 heavy (non-hydrogen) atoms. The van der Waals surface area contributed by atoms with Crippen LogP contribution in [0.5, 0.6) is 0 Å². The largest absolute Gasteiger partial charge is 0.351 e. The van der Waals surface area contributed by atoms with Gasteiger partial charge in [0.1, 0.15) is 0 Å². The van der Waals surface area contributed by atoms with Gasteiger partial charge in [0.2, 0.25) is 20.0 Å². The second-order valence-electron chi connectivity index (χ2n) is 11.7. The van der Waals surface area contributed by atoms with Crippen LogP contribution in [0.2, 0.25) is 0 Å². The Bertz CT molecular complexity index is 1330. The summed E-state index contributed by atoms with van der Waals surface area (Å²) in [4.78, 5) is 29.1. The van der Waals surface area contributed by atoms with Crippen LogP contribution < -0.4 is 20.1 Å². The smallest absolute Gasteiger partial charge is 0.251 e. The fraction of sp³-hybridized carbons (Fsp3) is 0.588. The van der Waals surface area contributed by atoms with Crippen LogP contribution in [0.25, 0.3) is 0 Å². The van der Waals surface area contributed by atoms with Gasteiger partial charge in [-0.15, -0.1) is 0 Å². The predicted octanol–water partition coefficient (Wildman–Crippen LogP) is 4.35. The van der Waals surface area contributed by atoms with Crippen molar-refractivity contribution in [2.45, 2.75) is 66.2 Å². The van der Waals surface area contributed by atoms with Crippen molar-refractivity contribution in [3.05, 3.63) is 59.7 Å². The molecule has 0 saturated carbocycles. The first-order valence-corrected chi connectivity index (χ1v) is 20.4. The van der Waals surface area contributed by atoms with Crippen LogP contribution in [0, 0.1) is 0 Å². The molecule has 2 rings (SSSR count). The Balaban J connectivity index is 1.61. The monoisotopic (exact) mass is 708 g/mol. The van der Waals surface area contributed by atoms with E-state index >= 15 is 0 Å². The minimum atomic E-state index is -3.53. The van der Waals surface area contributed by atoms with Crippen LogP contribution in [0.1, 0.15) is 86.9 Å². The van der Waals surface area contributed by atoms with Crippen molar-refractivity contribution >= 4 is 43.2 Å². The molecule has 0 heterocycles. The van der Waals surface area contributed by atoms with Crippen LogP contribution in [0.4, 0.5) is 11.4 Å². The molecule has 2 aromatic rings. The van der Waals surface area contributed by atoms with Crippen molar-refractivity contribution in [2.24, 2.45) is 0 Å². The number of amides is 2. The molecule has 0 radical (unpaired) electrons. The minimum Gasteiger partial charge on any atom is -0.351 e. The number of hydrogen-bond donors (Lipinski definition) is 4. The summed E-state index contributed by atoms with van der Waals surface area (Å²) >= 11 is 0. The van der Waals surface area contributed by atoms with Gasteiger partial charge in [-0.3, -0.25) is 19.0 Å². The minimum absolute atomic E-state index is 0.0182. The standard InChI is InChI=1S/C34H56N6O6S2/c1-5-39(6-2)25-23-35-33(41)29-15-19-31(20-16-29)37-47(43,44)27-13-11-9-10-12-14-28-48(45,46)38-32-21-17-30(18-22-32)34(42)36-24-26-40(7-3)8-4/h15-22,37-38H,5-14,23-28H2,1-4H3,(H,35,41)(H,36,42). The van der Waals surface area contributed by atoms with E-state index in [0.717, 1.165) is 52.1 Å². The number of rotatable bonds is 25. The molecule has 0 spiro atoms. The Morgan fingerprint density at radius 1 is 0.521 bits per heavy atom. The molecule has 12 nitrogen and oxygen atoms in total. The van der Waals surface area contributed by atoms with Crippen molar-refractivity contribution < 1.29 is 26.4 Å². The van der Waals surface area contributed by atoms with Gasteiger partial charge in [-0.2, -0.15) is 0 Å². The van der Waals surface area contributed by atoms with E-state index in [9.17, 15) is 26.4 Å². The quantitative estimate of drug-likeness (QED) is 0.111. The summed E-state index contributed by atoms with van der Waals surface area (Å²) < 4.78 is 55.2.